The van der Waals surface area contributed by atoms with Crippen LogP contribution >= 0.6 is 0 Å². The summed E-state index contributed by atoms with van der Waals surface area (Å²) >= 11 is 0. The largest absolute Gasteiger partial charge is 0.383 e. The fourth-order valence-corrected chi connectivity index (χ4v) is 1.08. The molecule has 1 amide bonds. The van der Waals surface area contributed by atoms with Crippen molar-refractivity contribution in [1.82, 2.24) is 10.2 Å². The standard InChI is InChI=1S/C11H25N3O2/c1-5-11(2,12)10(15)13-6-7-14(3)8-9-16-4/h5-9,12H2,1-4H3,(H,13,15). The molecule has 3 N–H and O–H groups in total. The zero-order chi connectivity index (χ0) is 12.6. The molecule has 0 aliphatic heterocycles. The number of nitrogens with two attached hydrogens (primary N) is 1. The number of carbonyl (C=O) groups is 1. The van der Waals surface area contributed by atoms with Gasteiger partial charge in [-0.2, -0.15) is 0 Å². The van der Waals surface area contributed by atoms with Gasteiger partial charge in [0.25, 0.3) is 0 Å². The van der Waals surface area contributed by atoms with E-state index in [1.54, 1.807) is 14.0 Å². The fourth-order valence-electron chi connectivity index (χ4n) is 1.08. The molecule has 1 atom stereocenters. The van der Waals surface area contributed by atoms with E-state index in [4.69, 9.17) is 10.5 Å². The highest BCUT2D eigenvalue weighted by molar-refractivity contribution is 5.85. The predicted molar refractivity (Wildman–Crippen MR) is 65.3 cm³/mol. The van der Waals surface area contributed by atoms with Crippen LogP contribution in [-0.4, -0.2) is 56.7 Å². The normalized spacial score (nSPS) is 14.9. The maximum Gasteiger partial charge on any atom is 0.239 e. The van der Waals surface area contributed by atoms with E-state index < -0.39 is 5.54 Å². The van der Waals surface area contributed by atoms with Gasteiger partial charge < -0.3 is 20.7 Å². The number of nitrogens with zero attached hydrogens (tertiary/aromatic N) is 1. The van der Waals surface area contributed by atoms with Gasteiger partial charge in [0.15, 0.2) is 0 Å². The molecule has 0 saturated heterocycles. The molecule has 0 rings (SSSR count). The quantitative estimate of drug-likeness (QED) is 0.607. The first-order valence-corrected chi connectivity index (χ1v) is 5.68. The Morgan fingerprint density at radius 2 is 2.12 bits per heavy atom. The number of hydrogen-bond acceptors (Lipinski definition) is 4. The molecule has 0 spiro atoms. The minimum absolute atomic E-state index is 0.0878. The maximum atomic E-state index is 11.6. The summed E-state index contributed by atoms with van der Waals surface area (Å²) in [5.41, 5.74) is 5.05. The van der Waals surface area contributed by atoms with Gasteiger partial charge in [-0.05, 0) is 20.4 Å². The second-order valence-electron chi connectivity index (χ2n) is 4.32. The Bertz CT molecular complexity index is 207. The average Bonchev–Trinajstić information content (AvgIpc) is 2.26. The van der Waals surface area contributed by atoms with Crippen LogP contribution in [0.2, 0.25) is 0 Å². The molecule has 5 heteroatoms. The van der Waals surface area contributed by atoms with Gasteiger partial charge >= 0.3 is 0 Å². The summed E-state index contributed by atoms with van der Waals surface area (Å²) in [6, 6.07) is 0. The van der Waals surface area contributed by atoms with Crippen molar-refractivity contribution in [1.29, 1.82) is 0 Å². The Morgan fingerprint density at radius 3 is 2.62 bits per heavy atom. The number of rotatable bonds is 8. The van der Waals surface area contributed by atoms with Gasteiger partial charge in [0.1, 0.15) is 0 Å². The van der Waals surface area contributed by atoms with E-state index in [9.17, 15) is 4.79 Å². The molecule has 0 fully saturated rings. The third-order valence-electron chi connectivity index (χ3n) is 2.71. The molecular weight excluding hydrogens is 206 g/mol. The lowest BCUT2D eigenvalue weighted by Crippen LogP contribution is -2.52. The zero-order valence-electron chi connectivity index (χ0n) is 10.9. The average molecular weight is 231 g/mol. The molecule has 0 aromatic carbocycles. The molecule has 0 radical (unpaired) electrons. The number of nitrogens with one attached hydrogen (secondary N) is 1. The van der Waals surface area contributed by atoms with E-state index in [0.717, 1.165) is 13.1 Å². The molecule has 5 nitrogen and oxygen atoms in total. The molecule has 96 valence electrons. The SMILES string of the molecule is CCC(C)(N)C(=O)NCCN(C)CCOC. The first-order valence-electron chi connectivity index (χ1n) is 5.68. The smallest absolute Gasteiger partial charge is 0.239 e. The van der Waals surface area contributed by atoms with Gasteiger partial charge in [0.2, 0.25) is 5.91 Å². The summed E-state index contributed by atoms with van der Waals surface area (Å²) in [7, 11) is 3.67. The number of amides is 1. The van der Waals surface area contributed by atoms with E-state index in [2.05, 4.69) is 10.2 Å². The van der Waals surface area contributed by atoms with Crippen LogP contribution in [0, 0.1) is 0 Å². The number of likely N-dealkylation sites (N-methyl/N-ethyl adjacent to an activating group) is 1. The van der Waals surface area contributed by atoms with E-state index in [1.807, 2.05) is 14.0 Å². The molecule has 0 aliphatic rings. The molecule has 0 aromatic rings. The van der Waals surface area contributed by atoms with Crippen molar-refractivity contribution in [2.24, 2.45) is 5.73 Å². The second kappa shape index (κ2) is 7.60. The van der Waals surface area contributed by atoms with Crippen molar-refractivity contribution in [3.8, 4) is 0 Å². The Hall–Kier alpha value is -0.650. The lowest BCUT2D eigenvalue weighted by Gasteiger charge is -2.23. The van der Waals surface area contributed by atoms with Crippen molar-refractivity contribution >= 4 is 5.91 Å². The summed E-state index contributed by atoms with van der Waals surface area (Å²) in [5, 5.41) is 2.83. The van der Waals surface area contributed by atoms with Gasteiger partial charge in [-0.25, -0.2) is 0 Å². The van der Waals surface area contributed by atoms with Crippen molar-refractivity contribution in [3.63, 3.8) is 0 Å². The molecule has 0 aromatic heterocycles. The summed E-state index contributed by atoms with van der Waals surface area (Å²) in [6.07, 6.45) is 0.637. The van der Waals surface area contributed by atoms with Crippen LogP contribution in [0.4, 0.5) is 0 Å². The van der Waals surface area contributed by atoms with Gasteiger partial charge in [-0.15, -0.1) is 0 Å². The van der Waals surface area contributed by atoms with Gasteiger partial charge in [-0.3, -0.25) is 4.79 Å². The first kappa shape index (κ1) is 15.3. The molecule has 0 aliphatic carbocycles. The topological polar surface area (TPSA) is 67.6 Å². The molecular formula is C11H25N3O2. The highest BCUT2D eigenvalue weighted by atomic mass is 16.5. The number of hydrogen-bond donors (Lipinski definition) is 2. The monoisotopic (exact) mass is 231 g/mol. The Morgan fingerprint density at radius 1 is 1.50 bits per heavy atom. The minimum Gasteiger partial charge on any atom is -0.383 e. The van der Waals surface area contributed by atoms with Gasteiger partial charge in [0, 0.05) is 26.7 Å². The van der Waals surface area contributed by atoms with E-state index in [1.165, 1.54) is 0 Å². The van der Waals surface area contributed by atoms with E-state index in [-0.39, 0.29) is 5.91 Å². The number of ether oxygens (including phenoxy) is 1. The van der Waals surface area contributed by atoms with Crippen LogP contribution in [0.5, 0.6) is 0 Å². The highest BCUT2D eigenvalue weighted by Crippen LogP contribution is 2.03. The highest BCUT2D eigenvalue weighted by Gasteiger charge is 2.25. The van der Waals surface area contributed by atoms with E-state index >= 15 is 0 Å². The second-order valence-corrected chi connectivity index (χ2v) is 4.32. The molecule has 0 bridgehead atoms. The van der Waals surface area contributed by atoms with Gasteiger partial charge in [-0.1, -0.05) is 6.92 Å². The summed E-state index contributed by atoms with van der Waals surface area (Å²) in [6.45, 7) is 6.63. The van der Waals surface area contributed by atoms with Crippen LogP contribution < -0.4 is 11.1 Å². The first-order chi connectivity index (χ1) is 7.44. The minimum atomic E-state index is -0.759. The maximum absolute atomic E-state index is 11.6. The Labute approximate surface area is 98.3 Å². The third kappa shape index (κ3) is 6.05. The van der Waals surface area contributed by atoms with Crippen molar-refractivity contribution in [2.75, 3.05) is 40.4 Å². The molecule has 1 unspecified atom stereocenters. The van der Waals surface area contributed by atoms with Gasteiger partial charge in [0.05, 0.1) is 12.1 Å². The van der Waals surface area contributed by atoms with E-state index in [0.29, 0.717) is 19.6 Å². The Kier molecular flexibility index (Phi) is 7.29. The Balaban J connectivity index is 3.69. The molecule has 0 heterocycles. The molecule has 0 saturated carbocycles. The molecule has 16 heavy (non-hydrogen) atoms. The van der Waals surface area contributed by atoms with Crippen LogP contribution in [0.15, 0.2) is 0 Å². The summed E-state index contributed by atoms with van der Waals surface area (Å²) in [5.74, 6) is -0.0878. The zero-order valence-corrected chi connectivity index (χ0v) is 10.9. The number of carbonyl (C=O) groups excluding carboxylic acids is 1. The fraction of sp³-hybridized carbons (Fsp3) is 0.909. The number of methoxy groups -OCH3 is 1. The van der Waals surface area contributed by atoms with Crippen LogP contribution in [-0.2, 0) is 9.53 Å². The lowest BCUT2D eigenvalue weighted by atomic mass is 10.00. The van der Waals surface area contributed by atoms with Crippen molar-refractivity contribution in [3.05, 3.63) is 0 Å². The third-order valence-corrected chi connectivity index (χ3v) is 2.71. The summed E-state index contributed by atoms with van der Waals surface area (Å²) in [4.78, 5) is 13.7. The summed E-state index contributed by atoms with van der Waals surface area (Å²) < 4.78 is 4.96. The van der Waals surface area contributed by atoms with Crippen molar-refractivity contribution < 1.29 is 9.53 Å². The van der Waals surface area contributed by atoms with Crippen molar-refractivity contribution in [2.45, 2.75) is 25.8 Å². The van der Waals surface area contributed by atoms with Crippen LogP contribution in [0.25, 0.3) is 0 Å². The van der Waals surface area contributed by atoms with Crippen LogP contribution in [0.3, 0.4) is 0 Å². The van der Waals surface area contributed by atoms with Crippen LogP contribution in [0.1, 0.15) is 20.3 Å². The predicted octanol–water partition coefficient (Wildman–Crippen LogP) is -0.192. The lowest BCUT2D eigenvalue weighted by molar-refractivity contribution is -0.125.